The summed E-state index contributed by atoms with van der Waals surface area (Å²) in [6, 6.07) is 14.1. The van der Waals surface area contributed by atoms with Crippen LogP contribution in [0.1, 0.15) is 0 Å². The molecule has 112 valence electrons. The molecule has 2 aromatic carbocycles. The van der Waals surface area contributed by atoms with E-state index in [2.05, 4.69) is 23.7 Å². The van der Waals surface area contributed by atoms with Crippen molar-refractivity contribution in [1.82, 2.24) is 9.55 Å². The number of hydrogen-bond donors (Lipinski definition) is 0. The lowest BCUT2D eigenvalue weighted by molar-refractivity contribution is 1.02. The van der Waals surface area contributed by atoms with Gasteiger partial charge in [0.25, 0.3) is 0 Å². The largest absolute Gasteiger partial charge is 0.335 e. The van der Waals surface area contributed by atoms with Crippen molar-refractivity contribution in [1.29, 1.82) is 0 Å². The molecule has 2 aliphatic heterocycles. The predicted octanol–water partition coefficient (Wildman–Crippen LogP) is 6.35. The zero-order valence-electron chi connectivity index (χ0n) is 12.1. The number of aromatic nitrogens is 2. The van der Waals surface area contributed by atoms with E-state index >= 15 is 0 Å². The van der Waals surface area contributed by atoms with Crippen molar-refractivity contribution in [2.24, 2.45) is 7.05 Å². The van der Waals surface area contributed by atoms with E-state index in [1.807, 2.05) is 30.3 Å². The summed E-state index contributed by atoms with van der Waals surface area (Å²) in [5.74, 6) is 0. The van der Waals surface area contributed by atoms with Crippen LogP contribution in [0.25, 0.3) is 42.6 Å². The van der Waals surface area contributed by atoms with Gasteiger partial charge in [0.05, 0.1) is 5.52 Å². The van der Waals surface area contributed by atoms with E-state index in [1.54, 1.807) is 11.3 Å². The van der Waals surface area contributed by atoms with Gasteiger partial charge < -0.3 is 4.57 Å². The zero-order valence-corrected chi connectivity index (χ0v) is 14.4. The quantitative estimate of drug-likeness (QED) is 0.316. The van der Waals surface area contributed by atoms with E-state index in [-0.39, 0.29) is 0 Å². The van der Waals surface area contributed by atoms with E-state index in [9.17, 15) is 0 Å². The first-order chi connectivity index (χ1) is 11.1. The Morgan fingerprint density at radius 1 is 0.913 bits per heavy atom. The topological polar surface area (TPSA) is 17.8 Å². The minimum atomic E-state index is 0.715. The van der Waals surface area contributed by atoms with Gasteiger partial charge in [0.15, 0.2) is 0 Å². The summed E-state index contributed by atoms with van der Waals surface area (Å²) in [5, 5.41) is 6.04. The third-order valence-corrected chi connectivity index (χ3v) is 5.99. The highest BCUT2D eigenvalue weighted by Gasteiger charge is 2.18. The maximum absolute atomic E-state index is 6.21. The molecule has 5 rings (SSSR count). The summed E-state index contributed by atoms with van der Waals surface area (Å²) < 4.78 is 2.21. The van der Waals surface area contributed by atoms with Crippen molar-refractivity contribution in [3.8, 4) is 10.6 Å². The van der Waals surface area contributed by atoms with Crippen LogP contribution in [0.15, 0.2) is 42.5 Å². The van der Waals surface area contributed by atoms with Gasteiger partial charge >= 0.3 is 0 Å². The third-order valence-electron chi connectivity index (χ3n) is 4.33. The minimum absolute atomic E-state index is 0.715. The number of hydrogen-bond acceptors (Lipinski definition) is 2. The van der Waals surface area contributed by atoms with Crippen LogP contribution < -0.4 is 0 Å². The molecule has 1 aromatic heterocycles. The maximum Gasteiger partial charge on any atom is 0.126 e. The first-order valence-corrected chi connectivity index (χ1v) is 8.75. The van der Waals surface area contributed by atoms with E-state index in [0.717, 1.165) is 20.9 Å². The molecule has 0 unspecified atom stereocenters. The van der Waals surface area contributed by atoms with Crippen LogP contribution in [0, 0.1) is 0 Å². The Morgan fingerprint density at radius 3 is 2.57 bits per heavy atom. The molecular weight excluding hydrogens is 347 g/mol. The molecule has 0 bridgehead atoms. The molecule has 0 N–H and O–H groups in total. The van der Waals surface area contributed by atoms with E-state index < -0.39 is 0 Å². The molecule has 3 aromatic rings. The van der Waals surface area contributed by atoms with Crippen LogP contribution in [0.3, 0.4) is 0 Å². The van der Waals surface area contributed by atoms with Crippen molar-refractivity contribution < 1.29 is 0 Å². The second-order valence-corrected chi connectivity index (χ2v) is 7.53. The van der Waals surface area contributed by atoms with Crippen molar-refractivity contribution in [3.05, 3.63) is 52.5 Å². The second kappa shape index (κ2) is 4.60. The molecule has 5 heteroatoms. The molecule has 0 atom stereocenters. The maximum atomic E-state index is 6.21. The standard InChI is InChI=1S/C18H10Cl2N2S/c1-22-16-5-3-9(19)6-12(16)14-8-13-11-4-2-10(20)7-15(11)21-17(13)23-18(14)22/h2-8H,1H3. The van der Waals surface area contributed by atoms with Gasteiger partial charge in [-0.05, 0) is 36.4 Å². The molecule has 3 heterocycles. The fraction of sp³-hybridized carbons (Fsp3) is 0.0556. The van der Waals surface area contributed by atoms with Crippen LogP contribution >= 0.6 is 34.5 Å². The number of benzene rings is 2. The summed E-state index contributed by atoms with van der Waals surface area (Å²) in [7, 11) is 2.08. The van der Waals surface area contributed by atoms with Crippen molar-refractivity contribution in [2.45, 2.75) is 0 Å². The number of fused-ring (bicyclic) bond motifs is 6. The third kappa shape index (κ3) is 1.84. The molecular formula is C18H10Cl2N2S. The molecule has 0 saturated carbocycles. The normalized spacial score (nSPS) is 12.1. The van der Waals surface area contributed by atoms with Gasteiger partial charge in [0, 0.05) is 44.3 Å². The summed E-state index contributed by atoms with van der Waals surface area (Å²) in [5.41, 5.74) is 3.30. The van der Waals surface area contributed by atoms with Gasteiger partial charge in [-0.25, -0.2) is 4.98 Å². The van der Waals surface area contributed by atoms with E-state index in [1.165, 1.54) is 26.7 Å². The van der Waals surface area contributed by atoms with Gasteiger partial charge in [-0.3, -0.25) is 0 Å². The Labute approximate surface area is 146 Å². The highest BCUT2D eigenvalue weighted by atomic mass is 35.5. The van der Waals surface area contributed by atoms with Gasteiger partial charge in [0.2, 0.25) is 0 Å². The SMILES string of the molecule is Cn1c2ccc(Cl)cc2c2cc3c4ccc(Cl)cc4nc-3sc21. The van der Waals surface area contributed by atoms with E-state index in [0.29, 0.717) is 5.02 Å². The summed E-state index contributed by atoms with van der Waals surface area (Å²) in [6.45, 7) is 0. The Balaban J connectivity index is 2.01. The lowest BCUT2D eigenvalue weighted by atomic mass is 10.1. The number of aryl methyl sites for hydroxylation is 1. The average molecular weight is 357 g/mol. The van der Waals surface area contributed by atoms with Gasteiger partial charge in [-0.2, -0.15) is 0 Å². The Hall–Kier alpha value is -1.81. The number of nitrogens with zero attached hydrogens (tertiary/aromatic N) is 2. The van der Waals surface area contributed by atoms with Crippen LogP contribution in [0.2, 0.25) is 10.0 Å². The fourth-order valence-corrected chi connectivity index (χ4v) is 4.71. The summed E-state index contributed by atoms with van der Waals surface area (Å²) >= 11 is 14.0. The average Bonchev–Trinajstić information content (AvgIpc) is 3.01. The first-order valence-electron chi connectivity index (χ1n) is 7.18. The van der Waals surface area contributed by atoms with Crippen LogP contribution in [-0.2, 0) is 7.05 Å². The molecule has 0 spiro atoms. The van der Waals surface area contributed by atoms with Crippen molar-refractivity contribution in [3.63, 3.8) is 0 Å². The number of rotatable bonds is 0. The zero-order chi connectivity index (χ0) is 15.7. The lowest BCUT2D eigenvalue weighted by Gasteiger charge is -2.00. The van der Waals surface area contributed by atoms with Crippen LogP contribution in [0.5, 0.6) is 0 Å². The summed E-state index contributed by atoms with van der Waals surface area (Å²) in [6.07, 6.45) is 0. The van der Waals surface area contributed by atoms with E-state index in [4.69, 9.17) is 28.2 Å². The highest BCUT2D eigenvalue weighted by Crippen LogP contribution is 2.42. The lowest BCUT2D eigenvalue weighted by Crippen LogP contribution is -1.85. The molecule has 0 fully saturated rings. The number of halogens is 2. The highest BCUT2D eigenvalue weighted by molar-refractivity contribution is 7.21. The predicted molar refractivity (Wildman–Crippen MR) is 100 cm³/mol. The Morgan fingerprint density at radius 2 is 1.70 bits per heavy atom. The first kappa shape index (κ1) is 13.6. The van der Waals surface area contributed by atoms with Crippen molar-refractivity contribution >= 4 is 66.6 Å². The monoisotopic (exact) mass is 356 g/mol. The Bertz CT molecular complexity index is 1200. The molecule has 0 saturated heterocycles. The molecule has 2 nitrogen and oxygen atoms in total. The molecule has 0 radical (unpaired) electrons. The Kier molecular flexibility index (Phi) is 2.72. The van der Waals surface area contributed by atoms with Crippen LogP contribution in [0.4, 0.5) is 0 Å². The van der Waals surface area contributed by atoms with Crippen LogP contribution in [-0.4, -0.2) is 9.55 Å². The summed E-state index contributed by atoms with van der Waals surface area (Å²) in [4.78, 5) is 5.95. The molecule has 2 aliphatic rings. The molecule has 0 aliphatic carbocycles. The fourth-order valence-electron chi connectivity index (χ4n) is 3.25. The molecule has 23 heavy (non-hydrogen) atoms. The van der Waals surface area contributed by atoms with Gasteiger partial charge in [-0.1, -0.05) is 40.6 Å². The van der Waals surface area contributed by atoms with Gasteiger partial charge in [-0.15, -0.1) is 0 Å². The smallest absolute Gasteiger partial charge is 0.126 e. The molecule has 0 amide bonds. The minimum Gasteiger partial charge on any atom is -0.335 e. The van der Waals surface area contributed by atoms with Crippen molar-refractivity contribution in [2.75, 3.05) is 0 Å². The second-order valence-electron chi connectivity index (χ2n) is 5.68. The van der Waals surface area contributed by atoms with Gasteiger partial charge in [0.1, 0.15) is 9.84 Å².